The van der Waals surface area contributed by atoms with Crippen molar-refractivity contribution >= 4 is 45.8 Å². The van der Waals surface area contributed by atoms with Gasteiger partial charge in [-0.1, -0.05) is 6.07 Å². The van der Waals surface area contributed by atoms with Crippen LogP contribution >= 0.6 is 11.6 Å². The minimum absolute atomic E-state index is 0.191. The summed E-state index contributed by atoms with van der Waals surface area (Å²) in [6, 6.07) is 12.0. The van der Waals surface area contributed by atoms with Crippen molar-refractivity contribution in [3.63, 3.8) is 0 Å². The number of nitrogens with zero attached hydrogens (tertiary/aromatic N) is 1. The highest BCUT2D eigenvalue weighted by Crippen LogP contribution is 2.20. The third-order valence-corrected chi connectivity index (χ3v) is 3.33. The van der Waals surface area contributed by atoms with Gasteiger partial charge in [-0.25, -0.2) is 4.98 Å². The number of imidazole rings is 1. The van der Waals surface area contributed by atoms with Crippen LogP contribution in [0.2, 0.25) is 5.28 Å². The predicted octanol–water partition coefficient (Wildman–Crippen LogP) is 3.43. The van der Waals surface area contributed by atoms with Gasteiger partial charge in [0.2, 0.25) is 11.2 Å². The first-order valence-electron chi connectivity index (χ1n) is 6.85. The number of hydrogen-bond acceptors (Lipinski definition) is 3. The van der Waals surface area contributed by atoms with E-state index >= 15 is 0 Å². The van der Waals surface area contributed by atoms with Gasteiger partial charge in [0.15, 0.2) is 0 Å². The molecule has 0 spiro atoms. The topological polar surface area (TPSA) is 86.9 Å². The van der Waals surface area contributed by atoms with E-state index in [9.17, 15) is 9.59 Å². The van der Waals surface area contributed by atoms with Crippen LogP contribution in [0.5, 0.6) is 0 Å². The number of carbonyl (C=O) groups excluding carboxylic acids is 2. The van der Waals surface area contributed by atoms with Crippen molar-refractivity contribution in [2.24, 2.45) is 0 Å². The fourth-order valence-corrected chi connectivity index (χ4v) is 2.39. The predicted molar refractivity (Wildman–Crippen MR) is 89.8 cm³/mol. The fraction of sp³-hybridized carbons (Fsp3) is 0.0625. The Kier molecular flexibility index (Phi) is 3.99. The van der Waals surface area contributed by atoms with Crippen molar-refractivity contribution in [1.29, 1.82) is 0 Å². The molecule has 6 nitrogen and oxygen atoms in total. The van der Waals surface area contributed by atoms with E-state index in [1.165, 1.54) is 6.92 Å². The van der Waals surface area contributed by atoms with Crippen molar-refractivity contribution in [2.75, 3.05) is 10.6 Å². The van der Waals surface area contributed by atoms with E-state index in [0.717, 1.165) is 11.0 Å². The minimum Gasteiger partial charge on any atom is -0.329 e. The lowest BCUT2D eigenvalue weighted by Gasteiger charge is -2.07. The zero-order chi connectivity index (χ0) is 16.4. The fourth-order valence-electron chi connectivity index (χ4n) is 2.20. The molecule has 3 aromatic rings. The maximum Gasteiger partial charge on any atom is 0.255 e. The molecule has 7 heteroatoms. The van der Waals surface area contributed by atoms with Gasteiger partial charge in [0, 0.05) is 23.9 Å². The number of amides is 2. The molecule has 2 amide bonds. The molecule has 0 fully saturated rings. The van der Waals surface area contributed by atoms with Crippen LogP contribution in [-0.4, -0.2) is 21.8 Å². The van der Waals surface area contributed by atoms with E-state index in [-0.39, 0.29) is 11.8 Å². The lowest BCUT2D eigenvalue weighted by molar-refractivity contribution is -0.114. The van der Waals surface area contributed by atoms with Crippen LogP contribution in [0.25, 0.3) is 11.0 Å². The molecule has 0 saturated heterocycles. The van der Waals surface area contributed by atoms with Crippen LogP contribution in [0, 0.1) is 0 Å². The lowest BCUT2D eigenvalue weighted by Crippen LogP contribution is -2.13. The molecule has 0 aliphatic carbocycles. The van der Waals surface area contributed by atoms with Crippen LogP contribution < -0.4 is 10.6 Å². The second-order valence-electron chi connectivity index (χ2n) is 4.98. The Hall–Kier alpha value is -2.86. The van der Waals surface area contributed by atoms with E-state index < -0.39 is 0 Å². The molecule has 3 rings (SSSR count). The summed E-state index contributed by atoms with van der Waals surface area (Å²) in [5.74, 6) is -0.466. The molecule has 0 saturated carbocycles. The van der Waals surface area contributed by atoms with Gasteiger partial charge in [0.1, 0.15) is 0 Å². The zero-order valence-electron chi connectivity index (χ0n) is 12.2. The molecule has 0 radical (unpaired) electrons. The number of nitrogens with one attached hydrogen (secondary N) is 3. The summed E-state index contributed by atoms with van der Waals surface area (Å²) in [5.41, 5.74) is 3.09. The normalized spacial score (nSPS) is 10.5. The summed E-state index contributed by atoms with van der Waals surface area (Å²) in [4.78, 5) is 30.4. The van der Waals surface area contributed by atoms with Gasteiger partial charge in [0.25, 0.3) is 5.91 Å². The molecule has 0 unspecified atom stereocenters. The third-order valence-electron chi connectivity index (χ3n) is 3.16. The highest BCUT2D eigenvalue weighted by atomic mass is 35.5. The van der Waals surface area contributed by atoms with Crippen LogP contribution in [0.4, 0.5) is 11.4 Å². The molecule has 0 aliphatic rings. The Morgan fingerprint density at radius 3 is 2.65 bits per heavy atom. The molecule has 0 bridgehead atoms. The van der Waals surface area contributed by atoms with Gasteiger partial charge in [-0.3, -0.25) is 9.59 Å². The van der Waals surface area contributed by atoms with Gasteiger partial charge in [-0.15, -0.1) is 0 Å². The van der Waals surface area contributed by atoms with Crippen LogP contribution in [-0.2, 0) is 4.79 Å². The van der Waals surface area contributed by atoms with Crippen molar-refractivity contribution in [2.45, 2.75) is 6.92 Å². The monoisotopic (exact) mass is 328 g/mol. The minimum atomic E-state index is -0.276. The van der Waals surface area contributed by atoms with Gasteiger partial charge < -0.3 is 15.6 Å². The van der Waals surface area contributed by atoms with Crippen molar-refractivity contribution in [3.05, 3.63) is 53.3 Å². The summed E-state index contributed by atoms with van der Waals surface area (Å²) >= 11 is 5.81. The Morgan fingerprint density at radius 2 is 1.87 bits per heavy atom. The maximum atomic E-state index is 12.3. The number of fused-ring (bicyclic) bond motifs is 1. The van der Waals surface area contributed by atoms with E-state index in [2.05, 4.69) is 20.6 Å². The Bertz CT molecular complexity index is 904. The molecule has 3 N–H and O–H groups in total. The number of halogens is 1. The Labute approximate surface area is 136 Å². The second-order valence-corrected chi connectivity index (χ2v) is 5.33. The van der Waals surface area contributed by atoms with Gasteiger partial charge in [-0.2, -0.15) is 0 Å². The zero-order valence-corrected chi connectivity index (χ0v) is 12.9. The largest absolute Gasteiger partial charge is 0.329 e. The number of rotatable bonds is 3. The van der Waals surface area contributed by atoms with Crippen molar-refractivity contribution in [1.82, 2.24) is 9.97 Å². The van der Waals surface area contributed by atoms with Crippen molar-refractivity contribution < 1.29 is 9.59 Å². The average molecular weight is 329 g/mol. The first-order valence-corrected chi connectivity index (χ1v) is 7.23. The number of H-pyrrole nitrogens is 1. The number of aromatic nitrogens is 2. The number of benzene rings is 2. The maximum absolute atomic E-state index is 12.3. The molecule has 23 heavy (non-hydrogen) atoms. The molecule has 1 heterocycles. The van der Waals surface area contributed by atoms with Crippen LogP contribution in [0.15, 0.2) is 42.5 Å². The van der Waals surface area contributed by atoms with Crippen molar-refractivity contribution in [3.8, 4) is 0 Å². The average Bonchev–Trinajstić information content (AvgIpc) is 2.86. The molecule has 2 aromatic carbocycles. The quantitative estimate of drug-likeness (QED) is 0.688. The summed E-state index contributed by atoms with van der Waals surface area (Å²) in [6.45, 7) is 1.41. The lowest BCUT2D eigenvalue weighted by atomic mass is 10.1. The Morgan fingerprint density at radius 1 is 1.09 bits per heavy atom. The van der Waals surface area contributed by atoms with Crippen LogP contribution in [0.1, 0.15) is 17.3 Å². The first kappa shape index (κ1) is 15.1. The molecular formula is C16H13ClN4O2. The second kappa shape index (κ2) is 6.10. The molecule has 116 valence electrons. The molecule has 0 atom stereocenters. The Balaban J connectivity index is 1.81. The highest BCUT2D eigenvalue weighted by Gasteiger charge is 2.09. The number of hydrogen-bond donors (Lipinski definition) is 3. The molecule has 1 aromatic heterocycles. The summed E-state index contributed by atoms with van der Waals surface area (Å²) in [7, 11) is 0. The summed E-state index contributed by atoms with van der Waals surface area (Å²) in [6.07, 6.45) is 0. The number of aromatic amines is 1. The summed E-state index contributed by atoms with van der Waals surface area (Å²) in [5, 5.41) is 5.74. The summed E-state index contributed by atoms with van der Waals surface area (Å²) < 4.78 is 0. The van der Waals surface area contributed by atoms with E-state index in [1.807, 2.05) is 0 Å². The van der Waals surface area contributed by atoms with Gasteiger partial charge >= 0.3 is 0 Å². The van der Waals surface area contributed by atoms with Gasteiger partial charge in [-0.05, 0) is 48.0 Å². The standard InChI is InChI=1S/C16H13ClN4O2/c1-9(22)18-11-4-2-3-10(7-11)15(23)19-12-5-6-13-14(8-12)21-16(17)20-13/h2-8H,1H3,(H,18,22)(H,19,23)(H,20,21). The smallest absolute Gasteiger partial charge is 0.255 e. The number of anilines is 2. The highest BCUT2D eigenvalue weighted by molar-refractivity contribution is 6.29. The number of carbonyl (C=O) groups is 2. The molecular weight excluding hydrogens is 316 g/mol. The molecule has 0 aliphatic heterocycles. The first-order chi connectivity index (χ1) is 11.0. The third kappa shape index (κ3) is 3.49. The van der Waals surface area contributed by atoms with Crippen LogP contribution in [0.3, 0.4) is 0 Å². The van der Waals surface area contributed by atoms with E-state index in [1.54, 1.807) is 42.5 Å². The van der Waals surface area contributed by atoms with E-state index in [4.69, 9.17) is 11.6 Å². The van der Waals surface area contributed by atoms with E-state index in [0.29, 0.717) is 22.2 Å². The van der Waals surface area contributed by atoms with Gasteiger partial charge in [0.05, 0.1) is 11.0 Å². The SMILES string of the molecule is CC(=O)Nc1cccc(C(=O)Nc2ccc3nc(Cl)[nH]c3c2)c1.